The molecule has 0 bridgehead atoms. The van der Waals surface area contributed by atoms with Gasteiger partial charge in [-0.3, -0.25) is 18.6 Å². The van der Waals surface area contributed by atoms with Gasteiger partial charge in [0.25, 0.3) is 5.91 Å². The number of amides is 1. The SMILES string of the molecule is C=C(CC)C(=O)c1ccc(OCC(=O)NCCc2ccc(OP3(=O)OCCC(c4cccc(Cl)c4)O3)cc2)c(Cl)c1Cl. The zero-order chi connectivity index (χ0) is 30.3. The van der Waals surface area contributed by atoms with E-state index in [0.717, 1.165) is 11.1 Å². The average molecular weight is 653 g/mol. The molecular formula is C30H29Cl3NO7P. The van der Waals surface area contributed by atoms with Crippen LogP contribution < -0.4 is 14.6 Å². The summed E-state index contributed by atoms with van der Waals surface area (Å²) in [5.41, 5.74) is 2.35. The summed E-state index contributed by atoms with van der Waals surface area (Å²) in [7, 11) is -3.83. The minimum atomic E-state index is -3.83. The van der Waals surface area contributed by atoms with Crippen LogP contribution in [0.4, 0.5) is 0 Å². The fraction of sp³-hybridized carbons (Fsp3) is 0.267. The predicted molar refractivity (Wildman–Crippen MR) is 163 cm³/mol. The van der Waals surface area contributed by atoms with Crippen LogP contribution in [0.3, 0.4) is 0 Å². The van der Waals surface area contributed by atoms with Gasteiger partial charge in [-0.15, -0.1) is 0 Å². The number of hydrogen-bond acceptors (Lipinski definition) is 7. The normalized spacial score (nSPS) is 18.2. The molecule has 1 heterocycles. The lowest BCUT2D eigenvalue weighted by molar-refractivity contribution is -0.123. The molecule has 0 spiro atoms. The van der Waals surface area contributed by atoms with E-state index in [-0.39, 0.29) is 46.3 Å². The Bertz CT molecular complexity index is 1510. The molecule has 0 saturated carbocycles. The number of hydrogen-bond donors (Lipinski definition) is 1. The van der Waals surface area contributed by atoms with Crippen LogP contribution in [0.15, 0.2) is 72.8 Å². The number of rotatable bonds is 12. The number of halogens is 3. The van der Waals surface area contributed by atoms with Gasteiger partial charge in [0, 0.05) is 23.6 Å². The molecule has 1 N–H and O–H groups in total. The second-order valence-corrected chi connectivity index (χ2v) is 12.1. The number of allylic oxidation sites excluding steroid dienone is 1. The molecule has 3 aromatic rings. The molecule has 1 aliphatic heterocycles. The minimum Gasteiger partial charge on any atom is -0.482 e. The molecule has 3 aromatic carbocycles. The Labute approximate surface area is 259 Å². The Morgan fingerprint density at radius 3 is 2.55 bits per heavy atom. The summed E-state index contributed by atoms with van der Waals surface area (Å²) >= 11 is 18.6. The molecule has 1 aliphatic rings. The number of nitrogens with one attached hydrogen (secondary N) is 1. The molecule has 0 aliphatic carbocycles. The van der Waals surface area contributed by atoms with E-state index in [2.05, 4.69) is 11.9 Å². The first kappa shape index (κ1) is 32.1. The van der Waals surface area contributed by atoms with Crippen LogP contribution in [0.2, 0.25) is 15.1 Å². The topological polar surface area (TPSA) is 100 Å². The Kier molecular flexibility index (Phi) is 11.1. The maximum atomic E-state index is 13.1. The summed E-state index contributed by atoms with van der Waals surface area (Å²) in [5, 5.41) is 3.43. The van der Waals surface area contributed by atoms with Crippen LogP contribution in [0, 0.1) is 0 Å². The van der Waals surface area contributed by atoms with Gasteiger partial charge in [0.15, 0.2) is 12.4 Å². The summed E-state index contributed by atoms with van der Waals surface area (Å²) in [6.07, 6.45) is 1.07. The maximum absolute atomic E-state index is 13.1. The van der Waals surface area contributed by atoms with E-state index in [1.165, 1.54) is 12.1 Å². The monoisotopic (exact) mass is 651 g/mol. The van der Waals surface area contributed by atoms with Crippen molar-refractivity contribution in [2.24, 2.45) is 0 Å². The molecule has 0 aromatic heterocycles. The fourth-order valence-corrected chi connectivity index (χ4v) is 6.11. The second-order valence-electron chi connectivity index (χ2n) is 9.37. The lowest BCUT2D eigenvalue weighted by Gasteiger charge is -2.29. The van der Waals surface area contributed by atoms with E-state index in [9.17, 15) is 14.2 Å². The summed E-state index contributed by atoms with van der Waals surface area (Å²) in [4.78, 5) is 24.7. The van der Waals surface area contributed by atoms with Gasteiger partial charge < -0.3 is 14.6 Å². The summed E-state index contributed by atoms with van der Waals surface area (Å²) in [6, 6.07) is 17.1. The smallest absolute Gasteiger partial charge is 0.482 e. The maximum Gasteiger partial charge on any atom is 0.530 e. The van der Waals surface area contributed by atoms with Gasteiger partial charge in [-0.05, 0) is 65.9 Å². The van der Waals surface area contributed by atoms with Gasteiger partial charge in [-0.2, -0.15) is 0 Å². The molecule has 12 heteroatoms. The van der Waals surface area contributed by atoms with E-state index >= 15 is 0 Å². The number of carbonyl (C=O) groups excluding carboxylic acids is 2. The third-order valence-corrected chi connectivity index (χ3v) is 8.93. The van der Waals surface area contributed by atoms with Crippen molar-refractivity contribution in [1.29, 1.82) is 0 Å². The molecule has 42 heavy (non-hydrogen) atoms. The van der Waals surface area contributed by atoms with Crippen LogP contribution in [-0.4, -0.2) is 31.4 Å². The van der Waals surface area contributed by atoms with Gasteiger partial charge in [-0.25, -0.2) is 4.57 Å². The summed E-state index contributed by atoms with van der Waals surface area (Å²) in [6.45, 7) is 5.82. The zero-order valence-electron chi connectivity index (χ0n) is 22.7. The van der Waals surface area contributed by atoms with Crippen LogP contribution in [0.1, 0.15) is 47.4 Å². The third-order valence-electron chi connectivity index (χ3n) is 6.38. The van der Waals surface area contributed by atoms with Crippen molar-refractivity contribution in [1.82, 2.24) is 5.32 Å². The largest absolute Gasteiger partial charge is 0.530 e. The Morgan fingerprint density at radius 2 is 1.83 bits per heavy atom. The molecular weight excluding hydrogens is 624 g/mol. The van der Waals surface area contributed by atoms with Crippen molar-refractivity contribution >= 4 is 54.3 Å². The predicted octanol–water partition coefficient (Wildman–Crippen LogP) is 8.20. The molecule has 1 amide bonds. The molecule has 8 nitrogen and oxygen atoms in total. The van der Waals surface area contributed by atoms with E-state index in [1.54, 1.807) is 42.5 Å². The van der Waals surface area contributed by atoms with Crippen molar-refractivity contribution in [2.45, 2.75) is 32.3 Å². The minimum absolute atomic E-state index is 0.0489. The highest BCUT2D eigenvalue weighted by molar-refractivity contribution is 7.49. The number of ether oxygens (including phenoxy) is 1. The van der Waals surface area contributed by atoms with Gasteiger partial charge in [0.2, 0.25) is 0 Å². The van der Waals surface area contributed by atoms with E-state index in [4.69, 9.17) is 53.1 Å². The lowest BCUT2D eigenvalue weighted by atomic mass is 10.0. The van der Waals surface area contributed by atoms with Crippen LogP contribution in [0.25, 0.3) is 0 Å². The lowest BCUT2D eigenvalue weighted by Crippen LogP contribution is -2.30. The van der Waals surface area contributed by atoms with Crippen molar-refractivity contribution in [3.8, 4) is 11.5 Å². The number of Topliss-reactive ketones (excluding diaryl/α,β-unsaturated/α-hetero) is 1. The number of benzene rings is 3. The molecule has 1 fully saturated rings. The van der Waals surface area contributed by atoms with Crippen molar-refractivity contribution in [3.05, 3.63) is 105 Å². The van der Waals surface area contributed by atoms with Gasteiger partial charge in [0.05, 0.1) is 17.7 Å². The van der Waals surface area contributed by atoms with Gasteiger partial charge in [-0.1, -0.05) is 72.6 Å². The highest BCUT2D eigenvalue weighted by Crippen LogP contribution is 2.56. The Balaban J connectivity index is 1.23. The van der Waals surface area contributed by atoms with E-state index in [1.807, 2.05) is 13.0 Å². The van der Waals surface area contributed by atoms with E-state index in [0.29, 0.717) is 42.2 Å². The molecule has 0 radical (unpaired) electrons. The highest BCUT2D eigenvalue weighted by Gasteiger charge is 2.37. The number of phosphoric acid groups is 1. The van der Waals surface area contributed by atoms with Crippen LogP contribution in [0.5, 0.6) is 11.5 Å². The molecule has 2 unspecified atom stereocenters. The second kappa shape index (κ2) is 14.6. The molecule has 222 valence electrons. The quantitative estimate of drug-likeness (QED) is 0.120. The van der Waals surface area contributed by atoms with Crippen LogP contribution >= 0.6 is 42.6 Å². The average Bonchev–Trinajstić information content (AvgIpc) is 2.98. The first-order chi connectivity index (χ1) is 20.1. The van der Waals surface area contributed by atoms with Crippen molar-refractivity contribution in [3.63, 3.8) is 0 Å². The summed E-state index contributed by atoms with van der Waals surface area (Å²) in [5.74, 6) is -0.135. The standard InChI is InChI=1S/C30H29Cl3NO7P/c1-3-19(2)30(36)24-11-12-26(29(33)28(24)32)38-18-27(35)34-15-13-20-7-9-23(10-8-20)40-42(37)39-16-14-25(41-42)21-5-4-6-22(31)17-21/h4-12,17,25H,2-3,13-16,18H2,1H3,(H,34,35). The first-order valence-corrected chi connectivity index (χ1v) is 15.7. The van der Waals surface area contributed by atoms with Gasteiger partial charge in [0.1, 0.15) is 16.5 Å². The summed E-state index contributed by atoms with van der Waals surface area (Å²) < 4.78 is 35.3. The zero-order valence-corrected chi connectivity index (χ0v) is 25.9. The Hall–Kier alpha value is -2.84. The Morgan fingerprint density at radius 1 is 1.07 bits per heavy atom. The molecule has 4 rings (SSSR count). The fourth-order valence-electron chi connectivity index (χ4n) is 4.05. The van der Waals surface area contributed by atoms with E-state index < -0.39 is 13.9 Å². The van der Waals surface area contributed by atoms with Crippen molar-refractivity contribution in [2.75, 3.05) is 19.8 Å². The number of ketones is 1. The van der Waals surface area contributed by atoms with Crippen molar-refractivity contribution < 1.29 is 32.5 Å². The molecule has 2 atom stereocenters. The third kappa shape index (κ3) is 8.38. The highest BCUT2D eigenvalue weighted by atomic mass is 35.5. The first-order valence-electron chi connectivity index (χ1n) is 13.2. The van der Waals surface area contributed by atoms with Gasteiger partial charge >= 0.3 is 7.82 Å². The van der Waals surface area contributed by atoms with Crippen LogP contribution in [-0.2, 0) is 24.8 Å². The molecule has 1 saturated heterocycles. The number of phosphoric ester groups is 1. The number of carbonyl (C=O) groups is 2.